The van der Waals surface area contributed by atoms with E-state index < -0.39 is 5.25 Å². The summed E-state index contributed by atoms with van der Waals surface area (Å²) in [6.45, 7) is 5.74. The van der Waals surface area contributed by atoms with E-state index in [1.54, 1.807) is 0 Å². The molecule has 28 heavy (non-hydrogen) atoms. The van der Waals surface area contributed by atoms with Crippen LogP contribution in [0.2, 0.25) is 0 Å². The van der Waals surface area contributed by atoms with Gasteiger partial charge in [0.15, 0.2) is 0 Å². The Morgan fingerprint density at radius 2 is 1.75 bits per heavy atom. The molecule has 146 valence electrons. The number of para-hydroxylation sites is 1. The Morgan fingerprint density at radius 1 is 1.07 bits per heavy atom. The molecule has 0 aliphatic carbocycles. The lowest BCUT2D eigenvalue weighted by Crippen LogP contribution is -2.38. The van der Waals surface area contributed by atoms with Crippen molar-refractivity contribution in [3.8, 4) is 0 Å². The summed E-state index contributed by atoms with van der Waals surface area (Å²) < 4.78 is 0. The number of amides is 3. The summed E-state index contributed by atoms with van der Waals surface area (Å²) in [4.78, 5) is 37.6. The molecule has 2 aromatic rings. The van der Waals surface area contributed by atoms with Crippen molar-refractivity contribution in [2.45, 2.75) is 37.3 Å². The van der Waals surface area contributed by atoms with Gasteiger partial charge < -0.3 is 16.0 Å². The van der Waals surface area contributed by atoms with Gasteiger partial charge >= 0.3 is 0 Å². The van der Waals surface area contributed by atoms with E-state index in [2.05, 4.69) is 16.0 Å². The van der Waals surface area contributed by atoms with Crippen LogP contribution in [0.15, 0.2) is 41.3 Å². The molecule has 0 radical (unpaired) electrons. The lowest BCUT2D eigenvalue weighted by Gasteiger charge is -2.23. The summed E-state index contributed by atoms with van der Waals surface area (Å²) in [5, 5.41) is 7.75. The van der Waals surface area contributed by atoms with E-state index in [4.69, 9.17) is 0 Å². The van der Waals surface area contributed by atoms with Gasteiger partial charge in [-0.1, -0.05) is 29.8 Å². The van der Waals surface area contributed by atoms with Crippen LogP contribution in [-0.4, -0.2) is 29.5 Å². The van der Waals surface area contributed by atoms with Crippen LogP contribution in [-0.2, 0) is 14.4 Å². The number of hydrogen-bond donors (Lipinski definition) is 3. The summed E-state index contributed by atoms with van der Waals surface area (Å²) in [5.41, 5.74) is 4.62. The molecular formula is C21H23N3O3S. The van der Waals surface area contributed by atoms with Crippen LogP contribution in [0.4, 0.5) is 11.4 Å². The number of carbonyl (C=O) groups excluding carboxylic acids is 3. The van der Waals surface area contributed by atoms with E-state index in [9.17, 15) is 14.4 Å². The molecule has 0 saturated heterocycles. The van der Waals surface area contributed by atoms with Crippen molar-refractivity contribution in [1.29, 1.82) is 0 Å². The quantitative estimate of drug-likeness (QED) is 0.723. The monoisotopic (exact) mass is 397 g/mol. The number of hydrogen-bond acceptors (Lipinski definition) is 4. The zero-order valence-corrected chi connectivity index (χ0v) is 16.9. The number of benzene rings is 2. The summed E-state index contributed by atoms with van der Waals surface area (Å²) in [7, 11) is 0. The Kier molecular flexibility index (Phi) is 6.04. The van der Waals surface area contributed by atoms with Crippen LogP contribution in [0, 0.1) is 20.8 Å². The zero-order valence-electron chi connectivity index (χ0n) is 16.1. The maximum absolute atomic E-state index is 12.2. The van der Waals surface area contributed by atoms with Gasteiger partial charge in [0, 0.05) is 17.0 Å². The molecular weight excluding hydrogens is 374 g/mol. The number of rotatable bonds is 5. The Bertz CT molecular complexity index is 919. The minimum absolute atomic E-state index is 0.0146. The van der Waals surface area contributed by atoms with Gasteiger partial charge in [-0.15, -0.1) is 11.8 Å². The van der Waals surface area contributed by atoms with Crippen LogP contribution < -0.4 is 16.0 Å². The van der Waals surface area contributed by atoms with Crippen LogP contribution in [0.1, 0.15) is 23.1 Å². The average Bonchev–Trinajstić information content (AvgIpc) is 2.63. The number of carbonyl (C=O) groups is 3. The van der Waals surface area contributed by atoms with Crippen molar-refractivity contribution in [2.24, 2.45) is 0 Å². The molecule has 7 heteroatoms. The first-order valence-electron chi connectivity index (χ1n) is 9.04. The highest BCUT2D eigenvalue weighted by molar-refractivity contribution is 8.01. The van der Waals surface area contributed by atoms with Crippen molar-refractivity contribution in [2.75, 3.05) is 17.2 Å². The van der Waals surface area contributed by atoms with Crippen molar-refractivity contribution >= 4 is 40.9 Å². The summed E-state index contributed by atoms with van der Waals surface area (Å²) >= 11 is 1.36. The minimum atomic E-state index is -0.514. The molecule has 3 rings (SSSR count). The standard InChI is InChI=1S/C21H23N3O3S/c1-12-8-13(2)20(14(3)9-12)24-19(26)11-22-18(25)10-17-21(27)23-15-6-4-5-7-16(15)28-17/h4-9,17H,10-11H2,1-3H3,(H,22,25)(H,23,27)(H,24,26). The highest BCUT2D eigenvalue weighted by Crippen LogP contribution is 2.36. The lowest BCUT2D eigenvalue weighted by molar-refractivity contribution is -0.125. The third kappa shape index (κ3) is 4.72. The summed E-state index contributed by atoms with van der Waals surface area (Å²) in [6.07, 6.45) is 0.0146. The smallest absolute Gasteiger partial charge is 0.243 e. The Labute approximate surface area is 168 Å². The Balaban J connectivity index is 1.52. The molecule has 0 aromatic heterocycles. The van der Waals surface area contributed by atoms with Gasteiger partial charge in [-0.05, 0) is 44.0 Å². The topological polar surface area (TPSA) is 87.3 Å². The third-order valence-corrected chi connectivity index (χ3v) is 5.74. The van der Waals surface area contributed by atoms with E-state index in [0.29, 0.717) is 0 Å². The average molecular weight is 398 g/mol. The van der Waals surface area contributed by atoms with Crippen molar-refractivity contribution < 1.29 is 14.4 Å². The van der Waals surface area contributed by atoms with Crippen LogP contribution in [0.25, 0.3) is 0 Å². The maximum Gasteiger partial charge on any atom is 0.243 e. The highest BCUT2D eigenvalue weighted by atomic mass is 32.2. The van der Waals surface area contributed by atoms with Gasteiger partial charge in [-0.2, -0.15) is 0 Å². The predicted molar refractivity (Wildman–Crippen MR) is 112 cm³/mol. The number of fused-ring (bicyclic) bond motifs is 1. The van der Waals surface area contributed by atoms with Gasteiger partial charge in [-0.3, -0.25) is 14.4 Å². The molecule has 2 aromatic carbocycles. The molecule has 1 atom stereocenters. The molecule has 1 aliphatic rings. The molecule has 6 nitrogen and oxygen atoms in total. The fourth-order valence-electron chi connectivity index (χ4n) is 3.21. The fourth-order valence-corrected chi connectivity index (χ4v) is 4.32. The van der Waals surface area contributed by atoms with Gasteiger partial charge in [0.1, 0.15) is 0 Å². The van der Waals surface area contributed by atoms with Gasteiger partial charge in [0.2, 0.25) is 17.7 Å². The minimum Gasteiger partial charge on any atom is -0.347 e. The fraction of sp³-hybridized carbons (Fsp3) is 0.286. The first-order chi connectivity index (χ1) is 13.3. The van der Waals surface area contributed by atoms with Crippen molar-refractivity contribution in [1.82, 2.24) is 5.32 Å². The first kappa shape index (κ1) is 19.9. The zero-order chi connectivity index (χ0) is 20.3. The summed E-state index contributed by atoms with van der Waals surface area (Å²) in [5.74, 6) is -0.830. The number of aryl methyl sites for hydroxylation is 3. The first-order valence-corrected chi connectivity index (χ1v) is 9.92. The number of thioether (sulfide) groups is 1. The molecule has 1 heterocycles. The Morgan fingerprint density at radius 3 is 2.46 bits per heavy atom. The molecule has 3 N–H and O–H groups in total. The van der Waals surface area contributed by atoms with E-state index in [1.807, 2.05) is 57.2 Å². The number of nitrogens with one attached hydrogen (secondary N) is 3. The van der Waals surface area contributed by atoms with E-state index in [-0.39, 0.29) is 30.7 Å². The van der Waals surface area contributed by atoms with Gasteiger partial charge in [0.25, 0.3) is 0 Å². The van der Waals surface area contributed by atoms with Gasteiger partial charge in [0.05, 0.1) is 17.5 Å². The molecule has 0 spiro atoms. The second-order valence-corrected chi connectivity index (χ2v) is 8.14. The second-order valence-electron chi connectivity index (χ2n) is 6.89. The highest BCUT2D eigenvalue weighted by Gasteiger charge is 2.28. The van der Waals surface area contributed by atoms with Crippen LogP contribution >= 0.6 is 11.8 Å². The molecule has 1 aliphatic heterocycles. The van der Waals surface area contributed by atoms with Crippen molar-refractivity contribution in [3.05, 3.63) is 53.1 Å². The van der Waals surface area contributed by atoms with E-state index >= 15 is 0 Å². The lowest BCUT2D eigenvalue weighted by atomic mass is 10.1. The molecule has 0 bridgehead atoms. The maximum atomic E-state index is 12.2. The molecule has 1 unspecified atom stereocenters. The SMILES string of the molecule is Cc1cc(C)c(NC(=O)CNC(=O)CC2Sc3ccccc3NC2=O)c(C)c1. The molecule has 3 amide bonds. The number of anilines is 2. The summed E-state index contributed by atoms with van der Waals surface area (Å²) in [6, 6.07) is 11.5. The van der Waals surface area contributed by atoms with Crippen LogP contribution in [0.3, 0.4) is 0 Å². The van der Waals surface area contributed by atoms with Crippen LogP contribution in [0.5, 0.6) is 0 Å². The third-order valence-electron chi connectivity index (χ3n) is 4.46. The second kappa shape index (κ2) is 8.48. The van der Waals surface area contributed by atoms with E-state index in [0.717, 1.165) is 33.0 Å². The van der Waals surface area contributed by atoms with E-state index in [1.165, 1.54) is 11.8 Å². The van der Waals surface area contributed by atoms with Gasteiger partial charge in [-0.25, -0.2) is 0 Å². The molecule has 0 fully saturated rings. The Hall–Kier alpha value is -2.80. The normalized spacial score (nSPS) is 15.4. The largest absolute Gasteiger partial charge is 0.347 e. The molecule has 0 saturated carbocycles. The van der Waals surface area contributed by atoms with Crippen molar-refractivity contribution in [3.63, 3.8) is 0 Å². The predicted octanol–water partition coefficient (Wildman–Crippen LogP) is 3.17.